The van der Waals surface area contributed by atoms with E-state index in [1.807, 2.05) is 0 Å². The van der Waals surface area contributed by atoms with Crippen LogP contribution in [0.4, 0.5) is 0 Å². The maximum absolute atomic E-state index is 10.5. The molecule has 1 aliphatic rings. The molecule has 1 N–H and O–H groups in total. The van der Waals surface area contributed by atoms with Crippen molar-refractivity contribution in [1.82, 2.24) is 0 Å². The third-order valence-corrected chi connectivity index (χ3v) is 2.61. The molecule has 1 unspecified atom stereocenters. The lowest BCUT2D eigenvalue weighted by atomic mass is 9.74. The quantitative estimate of drug-likeness (QED) is 0.687. The van der Waals surface area contributed by atoms with Gasteiger partial charge in [0, 0.05) is 13.0 Å². The predicted molar refractivity (Wildman–Crippen MR) is 45.0 cm³/mol. The molecule has 0 amide bonds. The molecule has 0 aromatic heterocycles. The number of hydrogen-bond donors (Lipinski definition) is 1. The van der Waals surface area contributed by atoms with Crippen molar-refractivity contribution in [2.75, 3.05) is 13.2 Å². The van der Waals surface area contributed by atoms with Crippen LogP contribution in [-0.4, -0.2) is 24.3 Å². The lowest BCUT2D eigenvalue weighted by Gasteiger charge is -2.37. The summed E-state index contributed by atoms with van der Waals surface area (Å²) in [7, 11) is 0. The van der Waals surface area contributed by atoms with Crippen LogP contribution in [0.3, 0.4) is 0 Å². The number of rotatable bonds is 2. The first-order valence-electron chi connectivity index (χ1n) is 4.32. The van der Waals surface area contributed by atoms with Gasteiger partial charge in [-0.3, -0.25) is 4.79 Å². The van der Waals surface area contributed by atoms with Crippen LogP contribution < -0.4 is 0 Å². The predicted octanol–water partition coefficient (Wildman–Crippen LogP) is 1.52. The average Bonchev–Trinajstić information content (AvgIpc) is 1.92. The molecule has 12 heavy (non-hydrogen) atoms. The molecular weight excluding hydrogens is 156 g/mol. The summed E-state index contributed by atoms with van der Waals surface area (Å²) in [5.74, 6) is -0.432. The minimum absolute atomic E-state index is 0.0244. The first kappa shape index (κ1) is 9.52. The molecule has 1 atom stereocenters. The Kier molecular flexibility index (Phi) is 2.73. The summed E-state index contributed by atoms with van der Waals surface area (Å²) in [5, 5.41) is 8.66. The van der Waals surface area contributed by atoms with E-state index in [0.29, 0.717) is 13.2 Å². The van der Waals surface area contributed by atoms with Crippen LogP contribution in [0.1, 0.15) is 26.7 Å². The molecule has 0 aromatic carbocycles. The zero-order valence-corrected chi connectivity index (χ0v) is 7.67. The SMILES string of the molecule is CC1(C)COCCC1CC(=O)O. The fraction of sp³-hybridized carbons (Fsp3) is 0.889. The summed E-state index contributed by atoms with van der Waals surface area (Å²) >= 11 is 0. The van der Waals surface area contributed by atoms with E-state index in [4.69, 9.17) is 9.84 Å². The van der Waals surface area contributed by atoms with Crippen LogP contribution in [-0.2, 0) is 9.53 Å². The second-order valence-electron chi connectivity index (χ2n) is 4.12. The largest absolute Gasteiger partial charge is 0.481 e. The van der Waals surface area contributed by atoms with Crippen molar-refractivity contribution < 1.29 is 14.6 Å². The van der Waals surface area contributed by atoms with Crippen molar-refractivity contribution in [2.24, 2.45) is 11.3 Å². The highest BCUT2D eigenvalue weighted by atomic mass is 16.5. The van der Waals surface area contributed by atoms with Crippen LogP contribution in [0.25, 0.3) is 0 Å². The van der Waals surface area contributed by atoms with E-state index < -0.39 is 5.97 Å². The summed E-state index contributed by atoms with van der Waals surface area (Å²) in [6.45, 7) is 5.53. The second kappa shape index (κ2) is 3.44. The van der Waals surface area contributed by atoms with Crippen molar-refractivity contribution >= 4 is 5.97 Å². The first-order chi connectivity index (χ1) is 5.52. The number of hydrogen-bond acceptors (Lipinski definition) is 2. The van der Waals surface area contributed by atoms with Gasteiger partial charge in [-0.2, -0.15) is 0 Å². The number of carboxylic acid groups (broad SMARTS) is 1. The highest BCUT2D eigenvalue weighted by Gasteiger charge is 2.34. The van der Waals surface area contributed by atoms with Gasteiger partial charge in [0.15, 0.2) is 0 Å². The molecule has 1 fully saturated rings. The molecule has 0 spiro atoms. The Balaban J connectivity index is 2.54. The Bertz CT molecular complexity index is 175. The van der Waals surface area contributed by atoms with Gasteiger partial charge in [0.1, 0.15) is 0 Å². The number of carboxylic acids is 1. The minimum Gasteiger partial charge on any atom is -0.481 e. The van der Waals surface area contributed by atoms with Crippen LogP contribution in [0.15, 0.2) is 0 Å². The fourth-order valence-electron chi connectivity index (χ4n) is 1.66. The van der Waals surface area contributed by atoms with E-state index >= 15 is 0 Å². The fourth-order valence-corrected chi connectivity index (χ4v) is 1.66. The molecule has 3 nitrogen and oxygen atoms in total. The number of aliphatic carboxylic acids is 1. The van der Waals surface area contributed by atoms with E-state index in [1.54, 1.807) is 0 Å². The first-order valence-corrected chi connectivity index (χ1v) is 4.32. The van der Waals surface area contributed by atoms with Crippen LogP contribution in [0.5, 0.6) is 0 Å². The Hall–Kier alpha value is -0.570. The lowest BCUT2D eigenvalue weighted by molar-refractivity contribution is -0.141. The van der Waals surface area contributed by atoms with E-state index in [2.05, 4.69) is 13.8 Å². The highest BCUT2D eigenvalue weighted by molar-refractivity contribution is 5.67. The highest BCUT2D eigenvalue weighted by Crippen LogP contribution is 2.35. The summed E-state index contributed by atoms with van der Waals surface area (Å²) in [4.78, 5) is 10.5. The second-order valence-corrected chi connectivity index (χ2v) is 4.12. The molecule has 0 aromatic rings. The third-order valence-electron chi connectivity index (χ3n) is 2.61. The van der Waals surface area contributed by atoms with Gasteiger partial charge in [-0.1, -0.05) is 13.8 Å². The third kappa shape index (κ3) is 2.21. The van der Waals surface area contributed by atoms with Crippen molar-refractivity contribution in [3.05, 3.63) is 0 Å². The summed E-state index contributed by atoms with van der Waals surface area (Å²) in [5.41, 5.74) is 0.0244. The van der Waals surface area contributed by atoms with E-state index in [0.717, 1.165) is 6.42 Å². The number of ether oxygens (including phenoxy) is 1. The van der Waals surface area contributed by atoms with Gasteiger partial charge in [-0.15, -0.1) is 0 Å². The maximum Gasteiger partial charge on any atom is 0.303 e. The zero-order chi connectivity index (χ0) is 9.19. The van der Waals surface area contributed by atoms with Gasteiger partial charge in [0.2, 0.25) is 0 Å². The topological polar surface area (TPSA) is 46.5 Å². The molecule has 1 rings (SSSR count). The van der Waals surface area contributed by atoms with Gasteiger partial charge in [0.05, 0.1) is 6.61 Å². The van der Waals surface area contributed by atoms with Crippen molar-refractivity contribution in [3.8, 4) is 0 Å². The van der Waals surface area contributed by atoms with Gasteiger partial charge in [-0.05, 0) is 17.8 Å². The molecule has 3 heteroatoms. The van der Waals surface area contributed by atoms with Crippen LogP contribution in [0, 0.1) is 11.3 Å². The summed E-state index contributed by atoms with van der Waals surface area (Å²) in [6.07, 6.45) is 1.15. The molecule has 1 aliphatic heterocycles. The van der Waals surface area contributed by atoms with Gasteiger partial charge in [0.25, 0.3) is 0 Å². The number of carbonyl (C=O) groups is 1. The van der Waals surface area contributed by atoms with Crippen molar-refractivity contribution in [1.29, 1.82) is 0 Å². The minimum atomic E-state index is -0.699. The molecule has 70 valence electrons. The van der Waals surface area contributed by atoms with E-state index in [1.165, 1.54) is 0 Å². The smallest absolute Gasteiger partial charge is 0.303 e. The molecule has 0 bridgehead atoms. The standard InChI is InChI=1S/C9H16O3/c1-9(2)6-12-4-3-7(9)5-8(10)11/h7H,3-6H2,1-2H3,(H,10,11). The molecule has 0 aliphatic carbocycles. The Labute approximate surface area is 72.7 Å². The zero-order valence-electron chi connectivity index (χ0n) is 7.67. The van der Waals surface area contributed by atoms with Gasteiger partial charge in [-0.25, -0.2) is 0 Å². The van der Waals surface area contributed by atoms with Gasteiger partial charge < -0.3 is 9.84 Å². The maximum atomic E-state index is 10.5. The Morgan fingerprint density at radius 2 is 2.33 bits per heavy atom. The summed E-state index contributed by atoms with van der Waals surface area (Å²) < 4.78 is 5.30. The molecule has 1 saturated heterocycles. The van der Waals surface area contributed by atoms with Gasteiger partial charge >= 0.3 is 5.97 Å². The summed E-state index contributed by atoms with van der Waals surface area (Å²) in [6, 6.07) is 0. The van der Waals surface area contributed by atoms with E-state index in [9.17, 15) is 4.79 Å². The molecule has 1 heterocycles. The molecule has 0 saturated carbocycles. The normalized spacial score (nSPS) is 28.3. The average molecular weight is 172 g/mol. The molecule has 0 radical (unpaired) electrons. The van der Waals surface area contributed by atoms with E-state index in [-0.39, 0.29) is 17.8 Å². The Morgan fingerprint density at radius 1 is 1.67 bits per heavy atom. The van der Waals surface area contributed by atoms with Crippen LogP contribution in [0.2, 0.25) is 0 Å². The van der Waals surface area contributed by atoms with Crippen LogP contribution >= 0.6 is 0 Å². The molecular formula is C9H16O3. The monoisotopic (exact) mass is 172 g/mol. The lowest BCUT2D eigenvalue weighted by Crippen LogP contribution is -2.36. The van der Waals surface area contributed by atoms with Crippen molar-refractivity contribution in [3.63, 3.8) is 0 Å². The Morgan fingerprint density at radius 3 is 2.83 bits per heavy atom. The van der Waals surface area contributed by atoms with Crippen molar-refractivity contribution in [2.45, 2.75) is 26.7 Å².